The number of carbonyl (C=O) groups excluding carboxylic acids is 2. The van der Waals surface area contributed by atoms with Gasteiger partial charge in [-0.2, -0.15) is 0 Å². The highest BCUT2D eigenvalue weighted by Gasteiger charge is 2.32. The molecule has 1 N–H and O–H groups in total. The number of nitrogens with one attached hydrogen (secondary N) is 1. The third kappa shape index (κ3) is 5.99. The zero-order valence-corrected chi connectivity index (χ0v) is 19.3. The maximum Gasteiger partial charge on any atom is 0.247 e. The Morgan fingerprint density at radius 3 is 2.42 bits per heavy atom. The molecule has 4 aromatic rings. The first-order valence-corrected chi connectivity index (χ1v) is 11.7. The van der Waals surface area contributed by atoms with Crippen LogP contribution in [0.15, 0.2) is 94.9 Å². The zero-order chi connectivity index (χ0) is 23.0. The monoisotopic (exact) mass is 458 g/mol. The fourth-order valence-electron chi connectivity index (χ4n) is 3.66. The van der Waals surface area contributed by atoms with Crippen molar-refractivity contribution in [1.82, 2.24) is 10.2 Å². The molecule has 0 unspecified atom stereocenters. The molecular formula is C27H26N2O3S. The predicted octanol–water partition coefficient (Wildman–Crippen LogP) is 5.28. The van der Waals surface area contributed by atoms with Crippen LogP contribution in [0, 0.1) is 6.92 Å². The summed E-state index contributed by atoms with van der Waals surface area (Å²) in [6.45, 7) is 2.58. The van der Waals surface area contributed by atoms with E-state index in [0.717, 1.165) is 21.6 Å². The average molecular weight is 459 g/mol. The minimum absolute atomic E-state index is 0.130. The first-order chi connectivity index (χ1) is 16.1. The summed E-state index contributed by atoms with van der Waals surface area (Å²) >= 11 is 1.53. The molecule has 2 aromatic heterocycles. The van der Waals surface area contributed by atoms with E-state index in [9.17, 15) is 9.59 Å². The van der Waals surface area contributed by atoms with Crippen LogP contribution in [0.1, 0.15) is 33.4 Å². The van der Waals surface area contributed by atoms with E-state index in [1.165, 1.54) is 11.3 Å². The highest BCUT2D eigenvalue weighted by atomic mass is 32.1. The van der Waals surface area contributed by atoms with Gasteiger partial charge in [-0.3, -0.25) is 9.59 Å². The second kappa shape index (κ2) is 10.8. The van der Waals surface area contributed by atoms with Gasteiger partial charge in [-0.1, -0.05) is 66.2 Å². The van der Waals surface area contributed by atoms with Crippen molar-refractivity contribution in [2.75, 3.05) is 0 Å². The molecule has 0 aliphatic rings. The van der Waals surface area contributed by atoms with Gasteiger partial charge in [0.1, 0.15) is 11.8 Å². The van der Waals surface area contributed by atoms with E-state index in [0.29, 0.717) is 12.3 Å². The number of amides is 2. The number of furan rings is 1. The van der Waals surface area contributed by atoms with Crippen molar-refractivity contribution in [3.8, 4) is 0 Å². The largest absolute Gasteiger partial charge is 0.467 e. The number of rotatable bonds is 9. The van der Waals surface area contributed by atoms with E-state index in [1.54, 1.807) is 17.2 Å². The van der Waals surface area contributed by atoms with Crippen LogP contribution in [0.5, 0.6) is 0 Å². The van der Waals surface area contributed by atoms with Crippen LogP contribution in [0.25, 0.3) is 0 Å². The summed E-state index contributed by atoms with van der Waals surface area (Å²) in [7, 11) is 0. The molecule has 0 aliphatic heterocycles. The van der Waals surface area contributed by atoms with Crippen LogP contribution in [0.2, 0.25) is 0 Å². The normalized spacial score (nSPS) is 11.7. The summed E-state index contributed by atoms with van der Waals surface area (Å²) < 4.78 is 5.54. The molecule has 0 aliphatic carbocycles. The number of hydrogen-bond acceptors (Lipinski definition) is 4. The number of benzene rings is 2. The van der Waals surface area contributed by atoms with Crippen LogP contribution in [0.3, 0.4) is 0 Å². The second-order valence-corrected chi connectivity index (χ2v) is 8.91. The number of carbonyl (C=O) groups is 2. The van der Waals surface area contributed by atoms with Crippen LogP contribution in [-0.4, -0.2) is 16.7 Å². The lowest BCUT2D eigenvalue weighted by Gasteiger charge is -2.31. The highest BCUT2D eigenvalue weighted by molar-refractivity contribution is 7.10. The number of nitrogens with zero attached hydrogens (tertiary/aromatic N) is 1. The van der Waals surface area contributed by atoms with Crippen LogP contribution < -0.4 is 5.32 Å². The average Bonchev–Trinajstić information content (AvgIpc) is 3.53. The highest BCUT2D eigenvalue weighted by Crippen LogP contribution is 2.26. The summed E-state index contributed by atoms with van der Waals surface area (Å²) in [6.07, 6.45) is 1.81. The number of aryl methyl sites for hydroxylation is 1. The van der Waals surface area contributed by atoms with Gasteiger partial charge < -0.3 is 14.6 Å². The van der Waals surface area contributed by atoms with Crippen LogP contribution >= 0.6 is 11.3 Å². The topological polar surface area (TPSA) is 62.6 Å². The molecule has 5 nitrogen and oxygen atoms in total. The van der Waals surface area contributed by atoms with Gasteiger partial charge in [-0.25, -0.2) is 0 Å². The Morgan fingerprint density at radius 2 is 1.76 bits per heavy atom. The predicted molar refractivity (Wildman–Crippen MR) is 129 cm³/mol. The molecule has 0 saturated heterocycles. The molecule has 168 valence electrons. The van der Waals surface area contributed by atoms with Gasteiger partial charge in [0.25, 0.3) is 0 Å². The fraction of sp³-hybridized carbons (Fsp3) is 0.185. The fourth-order valence-corrected chi connectivity index (χ4v) is 4.36. The van der Waals surface area contributed by atoms with Crippen molar-refractivity contribution in [3.05, 3.63) is 118 Å². The Kier molecular flexibility index (Phi) is 7.37. The van der Waals surface area contributed by atoms with Gasteiger partial charge in [0.15, 0.2) is 0 Å². The molecule has 33 heavy (non-hydrogen) atoms. The maximum absolute atomic E-state index is 13.5. The lowest BCUT2D eigenvalue weighted by atomic mass is 10.0. The molecule has 6 heteroatoms. The van der Waals surface area contributed by atoms with Crippen molar-refractivity contribution in [3.63, 3.8) is 0 Å². The standard InChI is InChI=1S/C27H26N2O3S/c1-20-11-13-22(14-12-20)26(27(31)28-18-21-7-3-2-4-8-21)29(19-23-9-5-15-32-23)25(30)17-24-10-6-16-33-24/h2-16,26H,17-19H2,1H3,(H,28,31)/t26-/m1/s1. The van der Waals surface area contributed by atoms with Crippen molar-refractivity contribution in [2.45, 2.75) is 32.5 Å². The number of thiophene rings is 1. The molecule has 0 saturated carbocycles. The molecular weight excluding hydrogens is 432 g/mol. The molecule has 0 spiro atoms. The minimum atomic E-state index is -0.785. The van der Waals surface area contributed by atoms with Crippen molar-refractivity contribution in [2.24, 2.45) is 0 Å². The second-order valence-electron chi connectivity index (χ2n) is 7.87. The molecule has 0 bridgehead atoms. The Hall–Kier alpha value is -3.64. The molecule has 0 fully saturated rings. The van der Waals surface area contributed by atoms with E-state index in [-0.39, 0.29) is 24.8 Å². The lowest BCUT2D eigenvalue weighted by Crippen LogP contribution is -2.43. The smallest absolute Gasteiger partial charge is 0.247 e. The molecule has 2 amide bonds. The van der Waals surface area contributed by atoms with Gasteiger partial charge in [-0.15, -0.1) is 11.3 Å². The third-order valence-corrected chi connectivity index (χ3v) is 6.27. The van der Waals surface area contributed by atoms with Gasteiger partial charge in [-0.05, 0) is 41.6 Å². The van der Waals surface area contributed by atoms with E-state index in [1.807, 2.05) is 85.1 Å². The molecule has 0 radical (unpaired) electrons. The van der Waals surface area contributed by atoms with Crippen molar-refractivity contribution < 1.29 is 14.0 Å². The summed E-state index contributed by atoms with van der Waals surface area (Å²) in [5, 5.41) is 4.97. The van der Waals surface area contributed by atoms with Crippen molar-refractivity contribution in [1.29, 1.82) is 0 Å². The number of hydrogen-bond donors (Lipinski definition) is 1. The molecule has 4 rings (SSSR count). The quantitative estimate of drug-likeness (QED) is 0.371. The van der Waals surface area contributed by atoms with Crippen molar-refractivity contribution >= 4 is 23.2 Å². The Labute approximate surface area is 197 Å². The third-order valence-electron chi connectivity index (χ3n) is 5.39. The van der Waals surface area contributed by atoms with E-state index >= 15 is 0 Å². The maximum atomic E-state index is 13.5. The summed E-state index contributed by atoms with van der Waals surface area (Å²) in [5.74, 6) is 0.269. The first-order valence-electron chi connectivity index (χ1n) is 10.8. The van der Waals surface area contributed by atoms with E-state index in [4.69, 9.17) is 4.42 Å². The molecule has 2 aromatic carbocycles. The SMILES string of the molecule is Cc1ccc([C@H](C(=O)NCc2ccccc2)N(Cc2ccco2)C(=O)Cc2cccs2)cc1. The van der Waals surface area contributed by atoms with Gasteiger partial charge >= 0.3 is 0 Å². The summed E-state index contributed by atoms with van der Waals surface area (Å²) in [5.41, 5.74) is 2.85. The van der Waals surface area contributed by atoms with Gasteiger partial charge in [0.05, 0.1) is 19.2 Å². The molecule has 2 heterocycles. The zero-order valence-electron chi connectivity index (χ0n) is 18.4. The van der Waals surface area contributed by atoms with Gasteiger partial charge in [0, 0.05) is 11.4 Å². The Morgan fingerprint density at radius 1 is 0.970 bits per heavy atom. The van der Waals surface area contributed by atoms with E-state index in [2.05, 4.69) is 5.32 Å². The summed E-state index contributed by atoms with van der Waals surface area (Å²) in [6, 6.07) is 24.2. The lowest BCUT2D eigenvalue weighted by molar-refractivity contribution is -0.141. The van der Waals surface area contributed by atoms with Crippen LogP contribution in [-0.2, 0) is 29.1 Å². The minimum Gasteiger partial charge on any atom is -0.467 e. The summed E-state index contributed by atoms with van der Waals surface area (Å²) in [4.78, 5) is 29.6. The van der Waals surface area contributed by atoms with Crippen LogP contribution in [0.4, 0.5) is 0 Å². The first kappa shape index (κ1) is 22.6. The van der Waals surface area contributed by atoms with E-state index < -0.39 is 6.04 Å². The van der Waals surface area contributed by atoms with Gasteiger partial charge in [0.2, 0.25) is 11.8 Å². The Bertz CT molecular complexity index is 1150. The Balaban J connectivity index is 1.65. The molecule has 1 atom stereocenters.